The van der Waals surface area contributed by atoms with Crippen LogP contribution >= 0.6 is 11.3 Å². The summed E-state index contributed by atoms with van der Waals surface area (Å²) < 4.78 is 31.9. The lowest BCUT2D eigenvalue weighted by Gasteiger charge is -2.15. The van der Waals surface area contributed by atoms with Gasteiger partial charge in [-0.1, -0.05) is 24.3 Å². The molecule has 8 nitrogen and oxygen atoms in total. The molecule has 0 bridgehead atoms. The molecule has 0 saturated heterocycles. The van der Waals surface area contributed by atoms with Crippen LogP contribution in [-0.2, 0) is 17.1 Å². The van der Waals surface area contributed by atoms with Crippen LogP contribution in [-0.4, -0.2) is 46.0 Å². The maximum Gasteiger partial charge on any atom is 0.295 e. The monoisotopic (exact) mass is 498 g/mol. The van der Waals surface area contributed by atoms with E-state index in [1.807, 2.05) is 51.2 Å². The summed E-state index contributed by atoms with van der Waals surface area (Å²) in [5, 5.41) is 1.68. The van der Waals surface area contributed by atoms with Crippen LogP contribution in [0.1, 0.15) is 27.4 Å². The smallest absolute Gasteiger partial charge is 0.295 e. The van der Waals surface area contributed by atoms with Gasteiger partial charge >= 0.3 is 0 Å². The Balaban J connectivity index is 1.73. The summed E-state index contributed by atoms with van der Waals surface area (Å²) in [5.41, 5.74) is 3.44. The first kappa shape index (κ1) is 23.9. The number of aryl methyl sites for hydroxylation is 1. The lowest BCUT2D eigenvalue weighted by Crippen LogP contribution is -2.32. The first-order valence-corrected chi connectivity index (χ1v) is 12.9. The van der Waals surface area contributed by atoms with E-state index in [4.69, 9.17) is 0 Å². The number of carbonyl (C=O) groups is 1. The van der Waals surface area contributed by atoms with Crippen LogP contribution in [0.25, 0.3) is 11.4 Å². The van der Waals surface area contributed by atoms with Gasteiger partial charge < -0.3 is 4.57 Å². The zero-order valence-corrected chi connectivity index (χ0v) is 21.3. The predicted octanol–water partition coefficient (Wildman–Crippen LogP) is 3.46. The van der Waals surface area contributed by atoms with Crippen LogP contribution in [0.5, 0.6) is 0 Å². The van der Waals surface area contributed by atoms with Gasteiger partial charge in [0.25, 0.3) is 15.6 Å². The van der Waals surface area contributed by atoms with Crippen molar-refractivity contribution >= 4 is 27.1 Å². The molecule has 0 N–H and O–H groups in total. The number of thiophene rings is 1. The van der Waals surface area contributed by atoms with Gasteiger partial charge in [0.2, 0.25) is 0 Å². The zero-order chi connectivity index (χ0) is 24.8. The number of aromatic nitrogens is 3. The van der Waals surface area contributed by atoms with Gasteiger partial charge in [-0.05, 0) is 50.4 Å². The SMILES string of the molecule is Cc1cc(C(=O)CN(C)S(=O)(=O)c2cccs2)c(C)n1-c1c(C)n(C)n(-c2ccccc2)c1=O. The lowest BCUT2D eigenvalue weighted by molar-refractivity contribution is 0.0972. The molecule has 0 atom stereocenters. The van der Waals surface area contributed by atoms with Gasteiger partial charge in [0, 0.05) is 31.0 Å². The molecule has 0 aliphatic rings. The maximum atomic E-state index is 13.5. The summed E-state index contributed by atoms with van der Waals surface area (Å²) in [6, 6.07) is 14.2. The standard InChI is InChI=1S/C24H26N4O4S2/c1-16-14-20(21(29)15-25(4)34(31,32)22-12-9-13-33-22)17(2)27(16)23-18(3)26(5)28(24(23)30)19-10-7-6-8-11-19/h6-14H,15H2,1-5H3. The molecular weight excluding hydrogens is 472 g/mol. The van der Waals surface area contributed by atoms with Crippen molar-refractivity contribution in [2.75, 3.05) is 13.6 Å². The van der Waals surface area contributed by atoms with Crippen molar-refractivity contribution in [3.63, 3.8) is 0 Å². The number of ketones is 1. The molecule has 34 heavy (non-hydrogen) atoms. The lowest BCUT2D eigenvalue weighted by atomic mass is 10.1. The van der Waals surface area contributed by atoms with Crippen LogP contribution in [0.3, 0.4) is 0 Å². The van der Waals surface area contributed by atoms with Gasteiger partial charge in [-0.15, -0.1) is 11.3 Å². The maximum absolute atomic E-state index is 13.5. The summed E-state index contributed by atoms with van der Waals surface area (Å²) in [6.07, 6.45) is 0. The quantitative estimate of drug-likeness (QED) is 0.365. The van der Waals surface area contributed by atoms with E-state index >= 15 is 0 Å². The van der Waals surface area contributed by atoms with E-state index in [-0.39, 0.29) is 22.1 Å². The van der Waals surface area contributed by atoms with Crippen molar-refractivity contribution in [3.05, 3.63) is 86.9 Å². The van der Waals surface area contributed by atoms with E-state index in [1.54, 1.807) is 38.4 Å². The highest BCUT2D eigenvalue weighted by molar-refractivity contribution is 7.91. The second-order valence-corrected chi connectivity index (χ2v) is 11.4. The Morgan fingerprint density at radius 3 is 2.32 bits per heavy atom. The molecule has 4 rings (SSSR count). The Morgan fingerprint density at radius 2 is 1.71 bits per heavy atom. The molecule has 178 valence electrons. The highest BCUT2D eigenvalue weighted by atomic mass is 32.2. The van der Waals surface area contributed by atoms with Crippen LogP contribution in [0.15, 0.2) is 62.9 Å². The number of nitrogens with zero attached hydrogens (tertiary/aromatic N) is 4. The average Bonchev–Trinajstić information content (AvgIpc) is 3.49. The second kappa shape index (κ2) is 8.86. The molecule has 0 unspecified atom stereocenters. The van der Waals surface area contributed by atoms with E-state index in [9.17, 15) is 18.0 Å². The number of hydrogen-bond donors (Lipinski definition) is 0. The van der Waals surface area contributed by atoms with Crippen molar-refractivity contribution in [3.8, 4) is 11.4 Å². The second-order valence-electron chi connectivity index (χ2n) is 8.15. The third-order valence-electron chi connectivity index (χ3n) is 6.00. The Morgan fingerprint density at radius 1 is 1.03 bits per heavy atom. The molecule has 3 heterocycles. The molecule has 0 amide bonds. The molecule has 0 fully saturated rings. The first-order valence-electron chi connectivity index (χ1n) is 10.6. The minimum atomic E-state index is -3.75. The number of rotatable bonds is 7. The van der Waals surface area contributed by atoms with Crippen molar-refractivity contribution < 1.29 is 13.2 Å². The Labute approximate surface area is 202 Å². The van der Waals surface area contributed by atoms with Gasteiger partial charge in [-0.2, -0.15) is 4.31 Å². The first-order chi connectivity index (χ1) is 16.1. The zero-order valence-electron chi connectivity index (χ0n) is 19.6. The molecular formula is C24H26N4O4S2. The predicted molar refractivity (Wildman–Crippen MR) is 133 cm³/mol. The van der Waals surface area contributed by atoms with Crippen LogP contribution < -0.4 is 5.56 Å². The third kappa shape index (κ3) is 3.87. The Kier molecular flexibility index (Phi) is 6.24. The van der Waals surface area contributed by atoms with E-state index in [1.165, 1.54) is 13.1 Å². The fraction of sp³-hybridized carbons (Fsp3) is 0.250. The fourth-order valence-electron chi connectivity index (χ4n) is 4.14. The average molecular weight is 499 g/mol. The van der Waals surface area contributed by atoms with Gasteiger partial charge in [0.15, 0.2) is 5.78 Å². The number of sulfonamides is 1. The van der Waals surface area contributed by atoms with Gasteiger partial charge in [0.05, 0.1) is 17.9 Å². The summed E-state index contributed by atoms with van der Waals surface area (Å²) in [5.74, 6) is -0.334. The Hall–Kier alpha value is -3.21. The molecule has 0 saturated carbocycles. The van der Waals surface area contributed by atoms with E-state index in [0.717, 1.165) is 32.7 Å². The molecule has 1 aromatic carbocycles. The molecule has 10 heteroatoms. The summed E-state index contributed by atoms with van der Waals surface area (Å²) in [6.45, 7) is 5.16. The number of carbonyl (C=O) groups excluding carboxylic acids is 1. The number of hydrogen-bond acceptors (Lipinski definition) is 5. The fourth-order valence-corrected chi connectivity index (χ4v) is 6.47. The minimum absolute atomic E-state index is 0.189. The Bertz CT molecular complexity index is 1530. The summed E-state index contributed by atoms with van der Waals surface area (Å²) in [4.78, 5) is 26.6. The van der Waals surface area contributed by atoms with Crippen molar-refractivity contribution in [2.45, 2.75) is 25.0 Å². The van der Waals surface area contributed by atoms with Gasteiger partial charge in [-0.3, -0.25) is 14.3 Å². The molecule has 0 spiro atoms. The largest absolute Gasteiger partial charge is 0.311 e. The van der Waals surface area contributed by atoms with E-state index in [0.29, 0.717) is 16.9 Å². The summed E-state index contributed by atoms with van der Waals surface area (Å²) >= 11 is 1.11. The van der Waals surface area contributed by atoms with Crippen molar-refractivity contribution in [1.29, 1.82) is 0 Å². The number of Topliss-reactive ketones (excluding diaryl/α,β-unsaturated/α-hetero) is 1. The van der Waals surface area contributed by atoms with E-state index < -0.39 is 10.0 Å². The summed E-state index contributed by atoms with van der Waals surface area (Å²) in [7, 11) is -0.534. The van der Waals surface area contributed by atoms with Crippen molar-refractivity contribution in [1.82, 2.24) is 18.2 Å². The highest BCUT2D eigenvalue weighted by Crippen LogP contribution is 2.24. The van der Waals surface area contributed by atoms with Gasteiger partial charge in [0.1, 0.15) is 9.90 Å². The number of benzene rings is 1. The minimum Gasteiger partial charge on any atom is -0.311 e. The van der Waals surface area contributed by atoms with Crippen LogP contribution in [0, 0.1) is 20.8 Å². The normalized spacial score (nSPS) is 11.9. The van der Waals surface area contributed by atoms with E-state index in [2.05, 4.69) is 0 Å². The molecule has 4 aromatic rings. The van der Waals surface area contributed by atoms with Crippen LogP contribution in [0.2, 0.25) is 0 Å². The van der Waals surface area contributed by atoms with Crippen molar-refractivity contribution in [2.24, 2.45) is 7.05 Å². The van der Waals surface area contributed by atoms with Crippen LogP contribution in [0.4, 0.5) is 0 Å². The van der Waals surface area contributed by atoms with Gasteiger partial charge in [-0.25, -0.2) is 13.1 Å². The number of likely N-dealkylation sites (N-methyl/N-ethyl adjacent to an activating group) is 1. The molecule has 0 aliphatic carbocycles. The topological polar surface area (TPSA) is 86.3 Å². The molecule has 0 aliphatic heterocycles. The number of para-hydroxylation sites is 1. The third-order valence-corrected chi connectivity index (χ3v) is 9.18. The molecule has 3 aromatic heterocycles. The highest BCUT2D eigenvalue weighted by Gasteiger charge is 2.27. The molecule has 0 radical (unpaired) electrons.